The van der Waals surface area contributed by atoms with E-state index in [4.69, 9.17) is 0 Å². The van der Waals surface area contributed by atoms with E-state index in [0.29, 0.717) is 25.2 Å². The van der Waals surface area contributed by atoms with Gasteiger partial charge in [0.2, 0.25) is 15.9 Å². The molecule has 2 aliphatic heterocycles. The Labute approximate surface area is 157 Å². The van der Waals surface area contributed by atoms with Crippen LogP contribution in [0.5, 0.6) is 0 Å². The van der Waals surface area contributed by atoms with Gasteiger partial charge in [0.1, 0.15) is 0 Å². The zero-order chi connectivity index (χ0) is 18.1. The first kappa shape index (κ1) is 17.6. The van der Waals surface area contributed by atoms with Crippen molar-refractivity contribution in [3.8, 4) is 0 Å². The van der Waals surface area contributed by atoms with Crippen LogP contribution < -0.4 is 5.32 Å². The van der Waals surface area contributed by atoms with Crippen LogP contribution in [0.1, 0.15) is 18.4 Å². The fourth-order valence-electron chi connectivity index (χ4n) is 3.34. The normalized spacial score (nSPS) is 20.1. The summed E-state index contributed by atoms with van der Waals surface area (Å²) >= 11 is 1.57. The van der Waals surface area contributed by atoms with E-state index >= 15 is 0 Å². The smallest absolute Gasteiger partial charge is 0.243 e. The van der Waals surface area contributed by atoms with Crippen LogP contribution in [-0.4, -0.2) is 37.0 Å². The Morgan fingerprint density at radius 1 is 1.04 bits per heavy atom. The van der Waals surface area contributed by atoms with Gasteiger partial charge in [-0.25, -0.2) is 8.42 Å². The number of rotatable bonds is 4. The summed E-state index contributed by atoms with van der Waals surface area (Å²) in [6.45, 7) is 1.17. The molecule has 2 aromatic rings. The molecule has 1 fully saturated rings. The molecule has 2 heterocycles. The number of fused-ring (bicyclic) bond motifs is 1. The minimum atomic E-state index is -3.42. The topological polar surface area (TPSA) is 66.5 Å². The lowest BCUT2D eigenvalue weighted by Crippen LogP contribution is -2.28. The number of thioether (sulfide) groups is 1. The third kappa shape index (κ3) is 3.39. The predicted molar refractivity (Wildman–Crippen MR) is 103 cm³/mol. The molecule has 2 aliphatic rings. The molecule has 5 nitrogen and oxygen atoms in total. The summed E-state index contributed by atoms with van der Waals surface area (Å²) in [5, 5.41) is 2.75. The molecule has 1 saturated heterocycles. The Hall–Kier alpha value is -1.83. The average Bonchev–Trinajstić information content (AvgIpc) is 3.32. The van der Waals surface area contributed by atoms with Crippen LogP contribution >= 0.6 is 11.8 Å². The van der Waals surface area contributed by atoms with Gasteiger partial charge >= 0.3 is 0 Å². The van der Waals surface area contributed by atoms with E-state index in [9.17, 15) is 13.2 Å². The number of carbonyl (C=O) groups excluding carboxylic acids is 1. The van der Waals surface area contributed by atoms with Gasteiger partial charge in [0.25, 0.3) is 0 Å². The summed E-state index contributed by atoms with van der Waals surface area (Å²) in [5.74, 6) is -0.0543. The van der Waals surface area contributed by atoms with Crippen molar-refractivity contribution in [2.75, 3.05) is 18.4 Å². The quantitative estimate of drug-likeness (QED) is 0.874. The van der Waals surface area contributed by atoms with Crippen molar-refractivity contribution in [1.29, 1.82) is 0 Å². The van der Waals surface area contributed by atoms with E-state index in [2.05, 4.69) is 5.32 Å². The molecule has 0 spiro atoms. The van der Waals surface area contributed by atoms with Crippen molar-refractivity contribution in [3.63, 3.8) is 0 Å². The Bertz CT molecular complexity index is 895. The van der Waals surface area contributed by atoms with Crippen LogP contribution in [0.15, 0.2) is 58.3 Å². The zero-order valence-electron chi connectivity index (χ0n) is 14.2. The molecule has 2 aromatic carbocycles. The van der Waals surface area contributed by atoms with Crippen molar-refractivity contribution in [1.82, 2.24) is 4.31 Å². The highest BCUT2D eigenvalue weighted by molar-refractivity contribution is 8.01. The summed E-state index contributed by atoms with van der Waals surface area (Å²) in [6, 6.07) is 14.5. The van der Waals surface area contributed by atoms with Gasteiger partial charge < -0.3 is 5.32 Å². The molecule has 1 unspecified atom stereocenters. The number of hydrogen-bond donors (Lipinski definition) is 1. The van der Waals surface area contributed by atoms with Crippen molar-refractivity contribution in [2.45, 2.75) is 34.3 Å². The third-order valence-corrected chi connectivity index (χ3v) is 7.99. The molecule has 0 aromatic heterocycles. The third-order valence-electron chi connectivity index (χ3n) is 4.76. The minimum Gasteiger partial charge on any atom is -0.325 e. The van der Waals surface area contributed by atoms with E-state index in [0.717, 1.165) is 17.7 Å². The highest BCUT2D eigenvalue weighted by atomic mass is 32.2. The van der Waals surface area contributed by atoms with Gasteiger partial charge in [-0.2, -0.15) is 4.31 Å². The lowest BCUT2D eigenvalue weighted by atomic mass is 10.1. The second-order valence-electron chi connectivity index (χ2n) is 6.54. The Morgan fingerprint density at radius 2 is 1.73 bits per heavy atom. The van der Waals surface area contributed by atoms with Crippen molar-refractivity contribution >= 4 is 33.4 Å². The van der Waals surface area contributed by atoms with Crippen LogP contribution in [0.3, 0.4) is 0 Å². The molecule has 4 rings (SSSR count). The Kier molecular flexibility index (Phi) is 4.77. The molecule has 136 valence electrons. The maximum absolute atomic E-state index is 12.5. The van der Waals surface area contributed by atoms with Crippen molar-refractivity contribution in [3.05, 3.63) is 54.1 Å². The van der Waals surface area contributed by atoms with E-state index < -0.39 is 10.0 Å². The molecule has 0 radical (unpaired) electrons. The van der Waals surface area contributed by atoms with Gasteiger partial charge in [-0.1, -0.05) is 18.2 Å². The van der Waals surface area contributed by atoms with Gasteiger partial charge in [0, 0.05) is 23.7 Å². The molecule has 1 atom stereocenters. The van der Waals surface area contributed by atoms with E-state index in [1.54, 1.807) is 36.0 Å². The number of amides is 1. The SMILES string of the molecule is O=C(Nc1ccc(S(=O)(=O)N2CCCC2)cc1)C1Cc2ccccc2S1. The van der Waals surface area contributed by atoms with Gasteiger partial charge in [-0.3, -0.25) is 4.79 Å². The highest BCUT2D eigenvalue weighted by Crippen LogP contribution is 2.37. The van der Waals surface area contributed by atoms with Crippen LogP contribution in [0.2, 0.25) is 0 Å². The fraction of sp³-hybridized carbons (Fsp3) is 0.316. The zero-order valence-corrected chi connectivity index (χ0v) is 15.9. The van der Waals surface area contributed by atoms with E-state index in [-0.39, 0.29) is 16.1 Å². The molecule has 1 N–H and O–H groups in total. The van der Waals surface area contributed by atoms with Gasteiger partial charge in [-0.15, -0.1) is 11.8 Å². The monoisotopic (exact) mass is 388 g/mol. The Balaban J connectivity index is 1.42. The first-order valence-corrected chi connectivity index (χ1v) is 11.0. The van der Waals surface area contributed by atoms with Crippen LogP contribution in [-0.2, 0) is 21.2 Å². The Morgan fingerprint density at radius 3 is 2.42 bits per heavy atom. The summed E-state index contributed by atoms with van der Waals surface area (Å²) in [6.07, 6.45) is 2.54. The molecule has 1 amide bonds. The van der Waals surface area contributed by atoms with Gasteiger partial charge in [0.15, 0.2) is 0 Å². The predicted octanol–water partition coefficient (Wildman–Crippen LogP) is 3.13. The summed E-state index contributed by atoms with van der Waals surface area (Å²) in [7, 11) is -3.42. The molecule has 7 heteroatoms. The number of hydrogen-bond acceptors (Lipinski definition) is 4. The van der Waals surface area contributed by atoms with E-state index in [1.807, 2.05) is 24.3 Å². The number of carbonyl (C=O) groups is 1. The average molecular weight is 389 g/mol. The summed E-state index contributed by atoms with van der Waals surface area (Å²) in [5.41, 5.74) is 1.82. The minimum absolute atomic E-state index is 0.0543. The standard InChI is InChI=1S/C19H20N2O3S2/c22-19(18-13-14-5-1-2-6-17(14)25-18)20-15-7-9-16(10-8-15)26(23,24)21-11-3-4-12-21/h1-2,5-10,18H,3-4,11-13H2,(H,20,22). The van der Waals surface area contributed by atoms with Crippen molar-refractivity contribution in [2.24, 2.45) is 0 Å². The first-order valence-electron chi connectivity index (χ1n) is 8.70. The lowest BCUT2D eigenvalue weighted by Gasteiger charge is -2.16. The number of sulfonamides is 1. The van der Waals surface area contributed by atoms with Crippen molar-refractivity contribution < 1.29 is 13.2 Å². The fourth-order valence-corrected chi connectivity index (χ4v) is 6.05. The maximum atomic E-state index is 12.5. The molecular weight excluding hydrogens is 368 g/mol. The molecule has 0 saturated carbocycles. The maximum Gasteiger partial charge on any atom is 0.243 e. The second kappa shape index (κ2) is 7.06. The molecular formula is C19H20N2O3S2. The highest BCUT2D eigenvalue weighted by Gasteiger charge is 2.29. The summed E-state index contributed by atoms with van der Waals surface area (Å²) in [4.78, 5) is 13.9. The van der Waals surface area contributed by atoms with Crippen LogP contribution in [0, 0.1) is 0 Å². The second-order valence-corrected chi connectivity index (χ2v) is 9.73. The largest absolute Gasteiger partial charge is 0.325 e. The molecule has 0 bridgehead atoms. The molecule has 0 aliphatic carbocycles. The van der Waals surface area contributed by atoms with Gasteiger partial charge in [0.05, 0.1) is 10.1 Å². The van der Waals surface area contributed by atoms with E-state index in [1.165, 1.54) is 9.87 Å². The van der Waals surface area contributed by atoms with Gasteiger partial charge in [-0.05, 0) is 55.2 Å². The number of nitrogens with zero attached hydrogens (tertiary/aromatic N) is 1. The first-order chi connectivity index (χ1) is 12.5. The number of anilines is 1. The molecule has 26 heavy (non-hydrogen) atoms. The lowest BCUT2D eigenvalue weighted by molar-refractivity contribution is -0.115. The summed E-state index contributed by atoms with van der Waals surface area (Å²) < 4.78 is 26.6. The van der Waals surface area contributed by atoms with Crippen LogP contribution in [0.4, 0.5) is 5.69 Å². The number of benzene rings is 2. The van der Waals surface area contributed by atoms with Crippen LogP contribution in [0.25, 0.3) is 0 Å². The number of nitrogens with one attached hydrogen (secondary N) is 1.